The first kappa shape index (κ1) is 13.4. The Labute approximate surface area is 111 Å². The smallest absolute Gasteiger partial charge is 0.243 e. The highest BCUT2D eigenvalue weighted by atomic mass is 16.2. The fourth-order valence-electron chi connectivity index (χ4n) is 2.05. The average Bonchev–Trinajstić information content (AvgIpc) is 2.41. The van der Waals surface area contributed by atoms with Crippen LogP contribution in [-0.2, 0) is 9.59 Å². The van der Waals surface area contributed by atoms with Gasteiger partial charge >= 0.3 is 0 Å². The Morgan fingerprint density at radius 3 is 2.68 bits per heavy atom. The van der Waals surface area contributed by atoms with Crippen molar-refractivity contribution in [3.63, 3.8) is 0 Å². The van der Waals surface area contributed by atoms with Gasteiger partial charge in [-0.2, -0.15) is 0 Å². The normalized spacial score (nSPS) is 20.2. The number of ketones is 1. The number of hydrogen-bond donors (Lipinski definition) is 1. The van der Waals surface area contributed by atoms with E-state index in [4.69, 9.17) is 0 Å². The minimum Gasteiger partial charge on any atom is -0.294 e. The van der Waals surface area contributed by atoms with Crippen LogP contribution in [0, 0.1) is 0 Å². The number of amides is 2. The van der Waals surface area contributed by atoms with E-state index in [1.807, 2.05) is 18.2 Å². The molecular weight excluding hydrogens is 244 g/mol. The van der Waals surface area contributed by atoms with Crippen molar-refractivity contribution in [2.75, 3.05) is 13.1 Å². The van der Waals surface area contributed by atoms with E-state index in [0.29, 0.717) is 18.5 Å². The molecule has 19 heavy (non-hydrogen) atoms. The second-order valence-corrected chi connectivity index (χ2v) is 4.60. The predicted octanol–water partition coefficient (Wildman–Crippen LogP) is 0.606. The summed E-state index contributed by atoms with van der Waals surface area (Å²) in [4.78, 5) is 36.4. The molecule has 100 valence electrons. The van der Waals surface area contributed by atoms with E-state index in [1.54, 1.807) is 24.0 Å². The van der Waals surface area contributed by atoms with E-state index < -0.39 is 0 Å². The molecule has 1 heterocycles. The van der Waals surface area contributed by atoms with Gasteiger partial charge in [0.1, 0.15) is 0 Å². The summed E-state index contributed by atoms with van der Waals surface area (Å²) in [6, 6.07) is 8.63. The van der Waals surface area contributed by atoms with Gasteiger partial charge in [0.05, 0.1) is 12.6 Å². The van der Waals surface area contributed by atoms with Crippen molar-refractivity contribution in [1.82, 2.24) is 10.2 Å². The summed E-state index contributed by atoms with van der Waals surface area (Å²) in [7, 11) is 0. The molecule has 2 amide bonds. The molecule has 1 unspecified atom stereocenters. The van der Waals surface area contributed by atoms with Crippen LogP contribution in [0.4, 0.5) is 0 Å². The number of nitrogens with one attached hydrogen (secondary N) is 1. The Bertz CT molecular complexity index is 499. The molecule has 1 aliphatic rings. The van der Waals surface area contributed by atoms with Gasteiger partial charge in [-0.25, -0.2) is 0 Å². The van der Waals surface area contributed by atoms with Crippen LogP contribution < -0.4 is 5.32 Å². The van der Waals surface area contributed by atoms with E-state index in [1.165, 1.54) is 0 Å². The minimum absolute atomic E-state index is 0.0197. The summed E-state index contributed by atoms with van der Waals surface area (Å²) in [5.74, 6) is -0.593. The highest BCUT2D eigenvalue weighted by Gasteiger charge is 2.30. The molecule has 0 radical (unpaired) electrons. The van der Waals surface area contributed by atoms with Gasteiger partial charge in [-0.05, 0) is 6.92 Å². The van der Waals surface area contributed by atoms with Gasteiger partial charge in [-0.1, -0.05) is 30.3 Å². The molecule has 1 fully saturated rings. The second kappa shape index (κ2) is 5.75. The summed E-state index contributed by atoms with van der Waals surface area (Å²) in [6.07, 6.45) is 0.301. The van der Waals surface area contributed by atoms with Crippen molar-refractivity contribution in [3.05, 3.63) is 35.9 Å². The largest absolute Gasteiger partial charge is 0.294 e. The molecule has 5 heteroatoms. The van der Waals surface area contributed by atoms with E-state index in [2.05, 4.69) is 5.32 Å². The topological polar surface area (TPSA) is 66.5 Å². The number of piperazine rings is 1. The van der Waals surface area contributed by atoms with E-state index in [0.717, 1.165) is 0 Å². The third-order valence-corrected chi connectivity index (χ3v) is 3.26. The van der Waals surface area contributed by atoms with Crippen LogP contribution in [0.15, 0.2) is 30.3 Å². The van der Waals surface area contributed by atoms with E-state index >= 15 is 0 Å². The molecule has 1 N–H and O–H groups in total. The zero-order chi connectivity index (χ0) is 13.8. The van der Waals surface area contributed by atoms with E-state index in [9.17, 15) is 14.4 Å². The number of carbonyl (C=O) groups is 3. The number of benzene rings is 1. The van der Waals surface area contributed by atoms with Gasteiger partial charge in [-0.15, -0.1) is 0 Å². The zero-order valence-corrected chi connectivity index (χ0v) is 10.8. The number of imide groups is 1. The minimum atomic E-state index is -0.374. The van der Waals surface area contributed by atoms with Crippen LogP contribution in [-0.4, -0.2) is 41.6 Å². The number of Topliss-reactive ketones (excluding diaryl/α,β-unsaturated/α-hetero) is 1. The fourth-order valence-corrected chi connectivity index (χ4v) is 2.05. The van der Waals surface area contributed by atoms with Gasteiger partial charge in [0.25, 0.3) is 0 Å². The third-order valence-electron chi connectivity index (χ3n) is 3.26. The molecule has 0 aromatic heterocycles. The Balaban J connectivity index is 1.93. The van der Waals surface area contributed by atoms with Crippen molar-refractivity contribution < 1.29 is 14.4 Å². The number of carbonyl (C=O) groups excluding carboxylic acids is 3. The van der Waals surface area contributed by atoms with Crippen LogP contribution in [0.3, 0.4) is 0 Å². The highest BCUT2D eigenvalue weighted by Crippen LogP contribution is 2.08. The second-order valence-electron chi connectivity index (χ2n) is 4.60. The lowest BCUT2D eigenvalue weighted by Crippen LogP contribution is -2.57. The van der Waals surface area contributed by atoms with Gasteiger partial charge in [0.15, 0.2) is 5.78 Å². The van der Waals surface area contributed by atoms with Crippen molar-refractivity contribution >= 4 is 17.6 Å². The quantitative estimate of drug-likeness (QED) is 0.636. The molecular formula is C14H16N2O3. The van der Waals surface area contributed by atoms with Gasteiger partial charge in [0, 0.05) is 18.5 Å². The van der Waals surface area contributed by atoms with Gasteiger partial charge in [0.2, 0.25) is 11.8 Å². The molecule has 2 rings (SSSR count). The molecule has 1 aliphatic heterocycles. The van der Waals surface area contributed by atoms with Crippen LogP contribution in [0.25, 0.3) is 0 Å². The number of hydrogen-bond acceptors (Lipinski definition) is 4. The first-order valence-corrected chi connectivity index (χ1v) is 6.24. The standard InChI is InChI=1S/C14H16N2O3/c1-10-14(19)15-13(18)9-16(10)8-7-12(17)11-5-3-2-4-6-11/h2-6,10H,7-9H2,1H3,(H,15,18,19). The summed E-state index contributed by atoms with van der Waals surface area (Å²) in [5.41, 5.74) is 0.656. The molecule has 0 aliphatic carbocycles. The maximum Gasteiger partial charge on any atom is 0.243 e. The molecule has 0 spiro atoms. The van der Waals surface area contributed by atoms with Crippen LogP contribution in [0.2, 0.25) is 0 Å². The molecule has 1 aromatic rings. The van der Waals surface area contributed by atoms with Crippen molar-refractivity contribution in [1.29, 1.82) is 0 Å². The first-order chi connectivity index (χ1) is 9.08. The Morgan fingerprint density at radius 1 is 1.32 bits per heavy atom. The summed E-state index contributed by atoms with van der Waals surface area (Å²) < 4.78 is 0. The van der Waals surface area contributed by atoms with Crippen molar-refractivity contribution in [2.45, 2.75) is 19.4 Å². The molecule has 1 saturated heterocycles. The Kier molecular flexibility index (Phi) is 4.06. The van der Waals surface area contributed by atoms with Crippen LogP contribution in [0.1, 0.15) is 23.7 Å². The summed E-state index contributed by atoms with van der Waals surface area (Å²) in [5, 5.41) is 2.27. The van der Waals surface area contributed by atoms with Crippen molar-refractivity contribution in [3.8, 4) is 0 Å². The molecule has 1 atom stereocenters. The lowest BCUT2D eigenvalue weighted by atomic mass is 10.1. The lowest BCUT2D eigenvalue weighted by Gasteiger charge is -2.31. The Morgan fingerprint density at radius 2 is 2.00 bits per heavy atom. The summed E-state index contributed by atoms with van der Waals surface area (Å²) in [6.45, 7) is 2.30. The van der Waals surface area contributed by atoms with Crippen molar-refractivity contribution in [2.24, 2.45) is 0 Å². The highest BCUT2D eigenvalue weighted by molar-refractivity contribution is 6.01. The molecule has 5 nitrogen and oxygen atoms in total. The van der Waals surface area contributed by atoms with Gasteiger partial charge in [-0.3, -0.25) is 24.6 Å². The number of nitrogens with zero attached hydrogens (tertiary/aromatic N) is 1. The van der Waals surface area contributed by atoms with E-state index in [-0.39, 0.29) is 30.2 Å². The Hall–Kier alpha value is -2.01. The SMILES string of the molecule is CC1C(=O)NC(=O)CN1CCC(=O)c1ccccc1. The van der Waals surface area contributed by atoms with Crippen LogP contribution in [0.5, 0.6) is 0 Å². The lowest BCUT2D eigenvalue weighted by molar-refractivity contribution is -0.139. The van der Waals surface area contributed by atoms with Crippen LogP contribution >= 0.6 is 0 Å². The van der Waals surface area contributed by atoms with Gasteiger partial charge < -0.3 is 0 Å². The molecule has 1 aromatic carbocycles. The maximum absolute atomic E-state index is 11.9. The predicted molar refractivity (Wildman–Crippen MR) is 69.6 cm³/mol. The fraction of sp³-hybridized carbons (Fsp3) is 0.357. The first-order valence-electron chi connectivity index (χ1n) is 6.24. The molecule has 0 saturated carbocycles. The maximum atomic E-state index is 11.9. The third kappa shape index (κ3) is 3.26. The number of rotatable bonds is 4. The monoisotopic (exact) mass is 260 g/mol. The zero-order valence-electron chi connectivity index (χ0n) is 10.8. The average molecular weight is 260 g/mol. The summed E-state index contributed by atoms with van der Waals surface area (Å²) >= 11 is 0. The molecule has 0 bridgehead atoms.